The number of nitrogens with zero attached hydrogens (tertiary/aromatic N) is 2. The number of aromatic nitrogens is 2. The number of ether oxygens (including phenoxy) is 1. The van der Waals surface area contributed by atoms with Crippen LogP contribution in [-0.2, 0) is 0 Å². The van der Waals surface area contributed by atoms with Crippen LogP contribution in [0.1, 0.15) is 29.3 Å². The topological polar surface area (TPSA) is 52.1 Å². The van der Waals surface area contributed by atoms with Crippen molar-refractivity contribution in [2.75, 3.05) is 6.61 Å². The van der Waals surface area contributed by atoms with E-state index in [1.165, 1.54) is 18.5 Å². The van der Waals surface area contributed by atoms with Crippen molar-refractivity contribution in [1.29, 1.82) is 0 Å². The number of rotatable bonds is 5. The molecule has 98 valence electrons. The van der Waals surface area contributed by atoms with Crippen molar-refractivity contribution in [1.82, 2.24) is 9.97 Å². The van der Waals surface area contributed by atoms with E-state index in [0.717, 1.165) is 6.42 Å². The second-order valence-electron chi connectivity index (χ2n) is 3.95. The van der Waals surface area contributed by atoms with E-state index < -0.39 is 0 Å². The minimum atomic E-state index is -0.154. The van der Waals surface area contributed by atoms with Crippen LogP contribution in [0.3, 0.4) is 0 Å². The Morgan fingerprint density at radius 3 is 2.89 bits per heavy atom. The lowest BCUT2D eigenvalue weighted by Gasteiger charge is -2.06. The van der Waals surface area contributed by atoms with Crippen LogP contribution in [0.2, 0.25) is 5.15 Å². The summed E-state index contributed by atoms with van der Waals surface area (Å²) in [4.78, 5) is 20.1. The summed E-state index contributed by atoms with van der Waals surface area (Å²) in [5, 5.41) is 0.289. The van der Waals surface area contributed by atoms with Gasteiger partial charge in [0.25, 0.3) is 0 Å². The lowest BCUT2D eigenvalue weighted by atomic mass is 10.1. The Kier molecular flexibility index (Phi) is 4.47. The van der Waals surface area contributed by atoms with Crippen LogP contribution in [0.15, 0.2) is 36.8 Å². The first-order chi connectivity index (χ1) is 9.20. The maximum Gasteiger partial charge on any atom is 0.194 e. The largest absolute Gasteiger partial charge is 0.492 e. The number of ketones is 1. The van der Waals surface area contributed by atoms with Gasteiger partial charge in [-0.15, -0.1) is 0 Å². The molecule has 0 atom stereocenters. The first-order valence-corrected chi connectivity index (χ1v) is 6.32. The second kappa shape index (κ2) is 6.29. The van der Waals surface area contributed by atoms with Gasteiger partial charge in [0.15, 0.2) is 5.78 Å². The molecule has 0 radical (unpaired) electrons. The van der Waals surface area contributed by atoms with E-state index in [2.05, 4.69) is 9.97 Å². The van der Waals surface area contributed by atoms with E-state index in [1.807, 2.05) is 6.92 Å². The van der Waals surface area contributed by atoms with E-state index in [1.54, 1.807) is 18.3 Å². The first-order valence-electron chi connectivity index (χ1n) is 5.95. The molecule has 2 rings (SSSR count). The molecule has 19 heavy (non-hydrogen) atoms. The molecular weight excluding hydrogens is 264 g/mol. The third kappa shape index (κ3) is 3.51. The molecule has 2 aromatic rings. The molecule has 0 aliphatic carbocycles. The Labute approximate surface area is 116 Å². The van der Waals surface area contributed by atoms with Crippen molar-refractivity contribution in [2.45, 2.75) is 13.3 Å². The first kappa shape index (κ1) is 13.5. The molecular formula is C14H13ClN2O2. The van der Waals surface area contributed by atoms with Gasteiger partial charge >= 0.3 is 0 Å². The third-order valence-corrected chi connectivity index (χ3v) is 2.64. The maximum atomic E-state index is 12.2. The highest BCUT2D eigenvalue weighted by Crippen LogP contribution is 2.16. The molecule has 5 heteroatoms. The zero-order chi connectivity index (χ0) is 13.7. The molecule has 0 N–H and O–H groups in total. The quantitative estimate of drug-likeness (QED) is 0.622. The van der Waals surface area contributed by atoms with Crippen LogP contribution in [0, 0.1) is 0 Å². The van der Waals surface area contributed by atoms with Crippen LogP contribution in [-0.4, -0.2) is 22.4 Å². The fourth-order valence-electron chi connectivity index (χ4n) is 1.55. The van der Waals surface area contributed by atoms with E-state index in [4.69, 9.17) is 16.3 Å². The van der Waals surface area contributed by atoms with Crippen LogP contribution >= 0.6 is 11.6 Å². The predicted molar refractivity (Wildman–Crippen MR) is 72.7 cm³/mol. The van der Waals surface area contributed by atoms with Gasteiger partial charge in [-0.25, -0.2) is 4.98 Å². The summed E-state index contributed by atoms with van der Waals surface area (Å²) >= 11 is 5.77. The number of halogens is 1. The molecule has 0 saturated carbocycles. The third-order valence-electron chi connectivity index (χ3n) is 2.44. The molecule has 0 spiro atoms. The SMILES string of the molecule is CCCOc1cncc(C(=O)c2ccnc(Cl)c2)c1. The van der Waals surface area contributed by atoms with Crippen molar-refractivity contribution < 1.29 is 9.53 Å². The number of hydrogen-bond donors (Lipinski definition) is 0. The standard InChI is InChI=1S/C14H13ClN2O2/c1-2-5-19-12-6-11(8-16-9-12)14(18)10-3-4-17-13(15)7-10/h3-4,6-9H,2,5H2,1H3. The van der Waals surface area contributed by atoms with Gasteiger partial charge in [0.05, 0.1) is 12.8 Å². The van der Waals surface area contributed by atoms with Gasteiger partial charge in [-0.05, 0) is 24.6 Å². The second-order valence-corrected chi connectivity index (χ2v) is 4.34. The summed E-state index contributed by atoms with van der Waals surface area (Å²) in [6, 6.07) is 4.83. The Morgan fingerprint density at radius 1 is 1.32 bits per heavy atom. The molecule has 0 aromatic carbocycles. The van der Waals surface area contributed by atoms with E-state index in [0.29, 0.717) is 23.5 Å². The van der Waals surface area contributed by atoms with Crippen molar-refractivity contribution in [3.63, 3.8) is 0 Å². The van der Waals surface area contributed by atoms with Crippen molar-refractivity contribution >= 4 is 17.4 Å². The van der Waals surface area contributed by atoms with Crippen molar-refractivity contribution in [3.8, 4) is 5.75 Å². The summed E-state index contributed by atoms with van der Waals surface area (Å²) < 4.78 is 5.45. The van der Waals surface area contributed by atoms with E-state index >= 15 is 0 Å². The molecule has 0 aliphatic heterocycles. The molecule has 0 bridgehead atoms. The molecule has 2 heterocycles. The van der Waals surface area contributed by atoms with Gasteiger partial charge in [0.2, 0.25) is 0 Å². The number of pyridine rings is 2. The Balaban J connectivity index is 2.24. The fraction of sp³-hybridized carbons (Fsp3) is 0.214. The normalized spacial score (nSPS) is 10.2. The van der Waals surface area contributed by atoms with Gasteiger partial charge in [-0.2, -0.15) is 0 Å². The van der Waals surface area contributed by atoms with E-state index in [-0.39, 0.29) is 10.9 Å². The Bertz CT molecular complexity index is 587. The lowest BCUT2D eigenvalue weighted by Crippen LogP contribution is -2.03. The van der Waals surface area contributed by atoms with Gasteiger partial charge in [0, 0.05) is 23.5 Å². The summed E-state index contributed by atoms with van der Waals surface area (Å²) in [7, 11) is 0. The highest BCUT2D eigenvalue weighted by Gasteiger charge is 2.11. The molecule has 0 unspecified atom stereocenters. The van der Waals surface area contributed by atoms with Crippen molar-refractivity contribution in [3.05, 3.63) is 53.1 Å². The smallest absolute Gasteiger partial charge is 0.194 e. The average Bonchev–Trinajstić information content (AvgIpc) is 2.44. The maximum absolute atomic E-state index is 12.2. The molecule has 0 fully saturated rings. The average molecular weight is 277 g/mol. The lowest BCUT2D eigenvalue weighted by molar-refractivity contribution is 0.103. The Hall–Kier alpha value is -1.94. The molecule has 0 aliphatic rings. The minimum absolute atomic E-state index is 0.154. The summed E-state index contributed by atoms with van der Waals surface area (Å²) in [6.45, 7) is 2.61. The number of carbonyl (C=O) groups excluding carboxylic acids is 1. The van der Waals surface area contributed by atoms with Crippen LogP contribution < -0.4 is 4.74 Å². The van der Waals surface area contributed by atoms with Crippen LogP contribution in [0.4, 0.5) is 0 Å². The van der Waals surface area contributed by atoms with Crippen molar-refractivity contribution in [2.24, 2.45) is 0 Å². The minimum Gasteiger partial charge on any atom is -0.492 e. The molecule has 0 amide bonds. The van der Waals surface area contributed by atoms with Gasteiger partial charge in [-0.3, -0.25) is 9.78 Å². The zero-order valence-corrected chi connectivity index (χ0v) is 11.2. The highest BCUT2D eigenvalue weighted by molar-refractivity contribution is 6.29. The predicted octanol–water partition coefficient (Wildman–Crippen LogP) is 3.15. The van der Waals surface area contributed by atoms with Gasteiger partial charge < -0.3 is 4.74 Å². The number of hydrogen-bond acceptors (Lipinski definition) is 4. The summed E-state index contributed by atoms with van der Waals surface area (Å²) in [5.41, 5.74) is 0.949. The monoisotopic (exact) mass is 276 g/mol. The zero-order valence-electron chi connectivity index (χ0n) is 10.5. The summed E-state index contributed by atoms with van der Waals surface area (Å²) in [5.74, 6) is 0.437. The Morgan fingerprint density at radius 2 is 2.16 bits per heavy atom. The molecule has 2 aromatic heterocycles. The highest BCUT2D eigenvalue weighted by atomic mass is 35.5. The molecule has 4 nitrogen and oxygen atoms in total. The van der Waals surface area contributed by atoms with Gasteiger partial charge in [0.1, 0.15) is 10.9 Å². The molecule has 0 saturated heterocycles. The fourth-order valence-corrected chi connectivity index (χ4v) is 1.73. The van der Waals surface area contributed by atoms with E-state index in [9.17, 15) is 4.79 Å². The van der Waals surface area contributed by atoms with Gasteiger partial charge in [-0.1, -0.05) is 18.5 Å². The summed E-state index contributed by atoms with van der Waals surface area (Å²) in [6.07, 6.45) is 5.50. The number of carbonyl (C=O) groups is 1. The van der Waals surface area contributed by atoms with Crippen LogP contribution in [0.25, 0.3) is 0 Å². The van der Waals surface area contributed by atoms with Crippen LogP contribution in [0.5, 0.6) is 5.75 Å².